The molecule has 2 rings (SSSR count). The lowest BCUT2D eigenvalue weighted by atomic mass is 10.0. The molecule has 1 atom stereocenters. The first-order chi connectivity index (χ1) is 8.56. The second-order valence-corrected chi connectivity index (χ2v) is 7.26. The summed E-state index contributed by atoms with van der Waals surface area (Å²) in [6.45, 7) is 1.78. The molecule has 1 aromatic rings. The van der Waals surface area contributed by atoms with Gasteiger partial charge >= 0.3 is 0 Å². The van der Waals surface area contributed by atoms with Gasteiger partial charge in [-0.25, -0.2) is 13.4 Å². The van der Waals surface area contributed by atoms with Crippen LogP contribution >= 0.6 is 0 Å². The number of imidazole rings is 1. The van der Waals surface area contributed by atoms with E-state index in [-0.39, 0.29) is 5.75 Å². The van der Waals surface area contributed by atoms with Crippen molar-refractivity contribution in [1.29, 1.82) is 0 Å². The van der Waals surface area contributed by atoms with Crippen LogP contribution < -0.4 is 5.32 Å². The molecule has 2 heterocycles. The van der Waals surface area contributed by atoms with Crippen molar-refractivity contribution in [3.8, 4) is 0 Å². The minimum atomic E-state index is -2.86. The van der Waals surface area contributed by atoms with E-state index in [2.05, 4.69) is 14.9 Å². The van der Waals surface area contributed by atoms with Crippen molar-refractivity contribution in [3.05, 3.63) is 18.2 Å². The molecule has 6 heteroatoms. The Morgan fingerprint density at radius 2 is 2.33 bits per heavy atom. The van der Waals surface area contributed by atoms with Crippen LogP contribution in [0.25, 0.3) is 0 Å². The summed E-state index contributed by atoms with van der Waals surface area (Å²) in [5.74, 6) is 0.239. The first-order valence-corrected chi connectivity index (χ1v) is 8.53. The van der Waals surface area contributed by atoms with Gasteiger partial charge in [0.25, 0.3) is 0 Å². The van der Waals surface area contributed by atoms with E-state index in [1.165, 1.54) is 24.8 Å². The summed E-state index contributed by atoms with van der Waals surface area (Å²) in [6, 6.07) is 0.375. The summed E-state index contributed by atoms with van der Waals surface area (Å²) in [5.41, 5.74) is 1.18. The molecule has 0 radical (unpaired) electrons. The van der Waals surface area contributed by atoms with Crippen molar-refractivity contribution in [2.75, 3.05) is 18.6 Å². The zero-order valence-electron chi connectivity index (χ0n) is 10.8. The second kappa shape index (κ2) is 5.84. The van der Waals surface area contributed by atoms with Gasteiger partial charge in [-0.05, 0) is 25.8 Å². The van der Waals surface area contributed by atoms with Gasteiger partial charge in [-0.2, -0.15) is 0 Å². The molecule has 0 aliphatic carbocycles. The van der Waals surface area contributed by atoms with Crippen LogP contribution in [0.1, 0.15) is 37.4 Å². The molecule has 5 nitrogen and oxygen atoms in total. The van der Waals surface area contributed by atoms with Gasteiger partial charge in [0.05, 0.1) is 17.8 Å². The highest BCUT2D eigenvalue weighted by molar-refractivity contribution is 7.90. The lowest BCUT2D eigenvalue weighted by Crippen LogP contribution is -2.28. The quantitative estimate of drug-likeness (QED) is 0.872. The largest absolute Gasteiger partial charge is 0.333 e. The van der Waals surface area contributed by atoms with Crippen LogP contribution in [0.4, 0.5) is 0 Å². The molecular formula is C12H21N3O2S. The average molecular weight is 271 g/mol. The molecule has 0 saturated carbocycles. The fourth-order valence-corrected chi connectivity index (χ4v) is 3.06. The number of piperidine rings is 1. The zero-order valence-corrected chi connectivity index (χ0v) is 11.6. The van der Waals surface area contributed by atoms with Crippen LogP contribution in [0.3, 0.4) is 0 Å². The molecule has 1 saturated heterocycles. The van der Waals surface area contributed by atoms with E-state index in [0.717, 1.165) is 19.5 Å². The number of nitrogens with zero attached hydrogens (tertiary/aromatic N) is 2. The average Bonchev–Trinajstić information content (AvgIpc) is 2.77. The van der Waals surface area contributed by atoms with Gasteiger partial charge in [0, 0.05) is 25.0 Å². The van der Waals surface area contributed by atoms with Gasteiger partial charge in [0.1, 0.15) is 9.84 Å². The van der Waals surface area contributed by atoms with Crippen molar-refractivity contribution in [2.45, 2.75) is 38.3 Å². The molecule has 0 spiro atoms. The molecule has 1 aliphatic heterocycles. The smallest absolute Gasteiger partial charge is 0.147 e. The predicted molar refractivity (Wildman–Crippen MR) is 71.1 cm³/mol. The summed E-state index contributed by atoms with van der Waals surface area (Å²) in [6.07, 6.45) is 9.24. The van der Waals surface area contributed by atoms with Crippen LogP contribution in [0.2, 0.25) is 0 Å². The Hall–Kier alpha value is -0.880. The third-order valence-corrected chi connectivity index (χ3v) is 4.36. The molecule has 18 heavy (non-hydrogen) atoms. The molecule has 102 valence electrons. The van der Waals surface area contributed by atoms with Crippen LogP contribution in [0.15, 0.2) is 12.5 Å². The molecular weight excluding hydrogens is 250 g/mol. The minimum absolute atomic E-state index is 0.239. The number of hydrogen-bond donors (Lipinski definition) is 1. The van der Waals surface area contributed by atoms with Crippen LogP contribution in [-0.4, -0.2) is 36.5 Å². The fourth-order valence-electron chi connectivity index (χ4n) is 2.41. The number of hydrogen-bond acceptors (Lipinski definition) is 4. The summed E-state index contributed by atoms with van der Waals surface area (Å²) in [7, 11) is -2.86. The number of nitrogens with one attached hydrogen (secondary N) is 1. The van der Waals surface area contributed by atoms with E-state index in [0.29, 0.717) is 12.5 Å². The highest BCUT2D eigenvalue weighted by atomic mass is 32.2. The second-order valence-electron chi connectivity index (χ2n) is 5.00. The molecule has 1 fully saturated rings. The molecule has 0 bridgehead atoms. The SMILES string of the molecule is CS(=O)(=O)CCCn1cncc1C1CCCCN1. The summed E-state index contributed by atoms with van der Waals surface area (Å²) < 4.78 is 24.3. The lowest BCUT2D eigenvalue weighted by Gasteiger charge is -2.24. The Morgan fingerprint density at radius 1 is 1.50 bits per heavy atom. The maximum Gasteiger partial charge on any atom is 0.147 e. The first kappa shape index (κ1) is 13.5. The summed E-state index contributed by atoms with van der Waals surface area (Å²) in [5, 5.41) is 3.49. The van der Waals surface area contributed by atoms with E-state index in [1.54, 1.807) is 6.33 Å². The van der Waals surface area contributed by atoms with E-state index in [9.17, 15) is 8.42 Å². The van der Waals surface area contributed by atoms with Crippen molar-refractivity contribution in [1.82, 2.24) is 14.9 Å². The Bertz CT molecular complexity index is 475. The maximum atomic E-state index is 11.1. The number of sulfone groups is 1. The summed E-state index contributed by atoms with van der Waals surface area (Å²) >= 11 is 0. The fraction of sp³-hybridized carbons (Fsp3) is 0.750. The van der Waals surface area contributed by atoms with Crippen molar-refractivity contribution in [3.63, 3.8) is 0 Å². The minimum Gasteiger partial charge on any atom is -0.333 e. The lowest BCUT2D eigenvalue weighted by molar-refractivity contribution is 0.392. The van der Waals surface area contributed by atoms with Crippen LogP contribution in [0.5, 0.6) is 0 Å². The van der Waals surface area contributed by atoms with Gasteiger partial charge in [0.2, 0.25) is 0 Å². The maximum absolute atomic E-state index is 11.1. The van der Waals surface area contributed by atoms with Crippen LogP contribution in [-0.2, 0) is 16.4 Å². The highest BCUT2D eigenvalue weighted by Crippen LogP contribution is 2.22. The number of aromatic nitrogens is 2. The van der Waals surface area contributed by atoms with Crippen LogP contribution in [0, 0.1) is 0 Å². The van der Waals surface area contributed by atoms with Crippen molar-refractivity contribution < 1.29 is 8.42 Å². The predicted octanol–water partition coefficient (Wildman–Crippen LogP) is 1.13. The Balaban J connectivity index is 1.94. The topological polar surface area (TPSA) is 64.0 Å². The highest BCUT2D eigenvalue weighted by Gasteiger charge is 2.18. The molecule has 1 aromatic heterocycles. The Labute approximate surface area is 109 Å². The van der Waals surface area contributed by atoms with Gasteiger partial charge in [-0.1, -0.05) is 6.42 Å². The third kappa shape index (κ3) is 3.81. The normalized spacial score (nSPS) is 21.1. The number of rotatable bonds is 5. The third-order valence-electron chi connectivity index (χ3n) is 3.33. The molecule has 0 amide bonds. The van der Waals surface area contributed by atoms with E-state index in [4.69, 9.17) is 0 Å². The first-order valence-electron chi connectivity index (χ1n) is 6.47. The molecule has 1 unspecified atom stereocenters. The Kier molecular flexibility index (Phi) is 4.40. The van der Waals surface area contributed by atoms with Gasteiger partial charge in [-0.3, -0.25) is 0 Å². The van der Waals surface area contributed by atoms with E-state index in [1.807, 2.05) is 6.20 Å². The van der Waals surface area contributed by atoms with Gasteiger partial charge in [-0.15, -0.1) is 0 Å². The van der Waals surface area contributed by atoms with Crippen molar-refractivity contribution in [2.24, 2.45) is 0 Å². The van der Waals surface area contributed by atoms with Gasteiger partial charge < -0.3 is 9.88 Å². The van der Waals surface area contributed by atoms with E-state index >= 15 is 0 Å². The molecule has 1 N–H and O–H groups in total. The van der Waals surface area contributed by atoms with Crippen molar-refractivity contribution >= 4 is 9.84 Å². The van der Waals surface area contributed by atoms with E-state index < -0.39 is 9.84 Å². The monoisotopic (exact) mass is 271 g/mol. The number of aryl methyl sites for hydroxylation is 1. The zero-order chi connectivity index (χ0) is 13.0. The van der Waals surface area contributed by atoms with Gasteiger partial charge in [0.15, 0.2) is 0 Å². The summed E-state index contributed by atoms with van der Waals surface area (Å²) in [4.78, 5) is 4.19. The Morgan fingerprint density at radius 3 is 3.00 bits per heavy atom. The molecule has 0 aromatic carbocycles. The standard InChI is InChI=1S/C12H21N3O2S/c1-18(16,17)8-4-7-15-10-13-9-12(15)11-5-2-3-6-14-11/h9-11,14H,2-8H2,1H3. The molecule has 1 aliphatic rings.